The largest absolute Gasteiger partial charge is 0.491 e. The zero-order valence-electron chi connectivity index (χ0n) is 10.2. The Morgan fingerprint density at radius 3 is 3.16 bits per heavy atom. The van der Waals surface area contributed by atoms with Gasteiger partial charge < -0.3 is 10.1 Å². The van der Waals surface area contributed by atoms with E-state index in [4.69, 9.17) is 4.74 Å². The van der Waals surface area contributed by atoms with Crippen LogP contribution in [-0.2, 0) is 0 Å². The van der Waals surface area contributed by atoms with Gasteiger partial charge in [-0.2, -0.15) is 0 Å². The monoisotopic (exact) mass is 268 g/mol. The molecule has 94 valence electrons. The van der Waals surface area contributed by atoms with Crippen molar-refractivity contribution in [1.29, 1.82) is 0 Å². The first-order valence-corrected chi connectivity index (χ1v) is 7.10. The maximum absolute atomic E-state index is 5.69. The number of thiophene rings is 1. The van der Waals surface area contributed by atoms with E-state index < -0.39 is 0 Å². The molecule has 0 saturated heterocycles. The summed E-state index contributed by atoms with van der Waals surface area (Å²) >= 11 is 1.73. The molecule has 1 unspecified atom stereocenters. The molecule has 19 heavy (non-hydrogen) atoms. The molecular formula is C15H12N2OS. The van der Waals surface area contributed by atoms with E-state index in [0.717, 1.165) is 11.6 Å². The van der Waals surface area contributed by atoms with Crippen LogP contribution in [0.2, 0.25) is 0 Å². The molecule has 3 heterocycles. The molecule has 1 aromatic carbocycles. The fourth-order valence-electron chi connectivity index (χ4n) is 2.46. The quantitative estimate of drug-likeness (QED) is 0.766. The van der Waals surface area contributed by atoms with Crippen LogP contribution < -0.4 is 10.1 Å². The number of pyridine rings is 1. The van der Waals surface area contributed by atoms with Gasteiger partial charge in [-0.15, -0.1) is 11.3 Å². The van der Waals surface area contributed by atoms with Crippen LogP contribution in [0.3, 0.4) is 0 Å². The highest BCUT2D eigenvalue weighted by molar-refractivity contribution is 7.17. The van der Waals surface area contributed by atoms with Gasteiger partial charge >= 0.3 is 0 Å². The number of benzene rings is 1. The Morgan fingerprint density at radius 1 is 1.21 bits per heavy atom. The lowest BCUT2D eigenvalue weighted by Crippen LogP contribution is -2.12. The van der Waals surface area contributed by atoms with Crippen molar-refractivity contribution in [2.75, 3.05) is 11.9 Å². The highest BCUT2D eigenvalue weighted by atomic mass is 32.1. The molecule has 4 rings (SSSR count). The van der Waals surface area contributed by atoms with Gasteiger partial charge in [-0.25, -0.2) is 4.98 Å². The number of para-hydroxylation sites is 1. The zero-order valence-corrected chi connectivity index (χ0v) is 11.0. The average molecular weight is 268 g/mol. The van der Waals surface area contributed by atoms with E-state index in [2.05, 4.69) is 27.8 Å². The number of hydrogen-bond acceptors (Lipinski definition) is 4. The third-order valence-electron chi connectivity index (χ3n) is 3.39. The molecule has 0 amide bonds. The van der Waals surface area contributed by atoms with Gasteiger partial charge in [0.25, 0.3) is 0 Å². The number of nitrogens with one attached hydrogen (secondary N) is 1. The van der Waals surface area contributed by atoms with Crippen molar-refractivity contribution in [2.24, 2.45) is 0 Å². The predicted molar refractivity (Wildman–Crippen MR) is 77.9 cm³/mol. The highest BCUT2D eigenvalue weighted by Crippen LogP contribution is 2.35. The lowest BCUT2D eigenvalue weighted by atomic mass is 10.1. The first-order valence-electron chi connectivity index (χ1n) is 6.22. The molecule has 0 bridgehead atoms. The summed E-state index contributed by atoms with van der Waals surface area (Å²) in [6.07, 6.45) is 1.85. The average Bonchev–Trinajstić information content (AvgIpc) is 3.06. The summed E-state index contributed by atoms with van der Waals surface area (Å²) in [6.45, 7) is 0.654. The number of nitrogens with zero attached hydrogens (tertiary/aromatic N) is 1. The molecule has 1 aliphatic heterocycles. The topological polar surface area (TPSA) is 34.1 Å². The lowest BCUT2D eigenvalue weighted by molar-refractivity contribution is 0.339. The molecule has 0 fully saturated rings. The Labute approximate surface area is 114 Å². The number of hydrogen-bond donors (Lipinski definition) is 1. The fraction of sp³-hybridized carbons (Fsp3) is 0.133. The predicted octanol–water partition coefficient (Wildman–Crippen LogP) is 3.84. The number of fused-ring (bicyclic) bond motifs is 2. The van der Waals surface area contributed by atoms with Gasteiger partial charge in [0.15, 0.2) is 0 Å². The molecule has 1 N–H and O–H groups in total. The van der Waals surface area contributed by atoms with Crippen molar-refractivity contribution in [3.8, 4) is 5.75 Å². The normalized spacial score (nSPS) is 17.2. The summed E-state index contributed by atoms with van der Waals surface area (Å²) < 4.78 is 6.94. The van der Waals surface area contributed by atoms with Gasteiger partial charge in [0.05, 0.1) is 6.04 Å². The van der Waals surface area contributed by atoms with Crippen molar-refractivity contribution in [1.82, 2.24) is 4.98 Å². The molecule has 2 aromatic heterocycles. The van der Waals surface area contributed by atoms with Crippen LogP contribution in [0.5, 0.6) is 5.75 Å². The second-order valence-electron chi connectivity index (χ2n) is 4.54. The molecule has 1 atom stereocenters. The van der Waals surface area contributed by atoms with Gasteiger partial charge in [-0.05, 0) is 23.6 Å². The fourth-order valence-corrected chi connectivity index (χ4v) is 3.24. The standard InChI is InChI=1S/C15H12N2OS/c1-2-4-13-10(3-1)12(9-18-13)17-15-11-6-8-19-14(11)5-7-16-15/h1-8,12H,9H2,(H,16,17). The summed E-state index contributed by atoms with van der Waals surface area (Å²) in [6, 6.07) is 12.5. The van der Waals surface area contributed by atoms with Gasteiger partial charge in [0.1, 0.15) is 18.2 Å². The summed E-state index contributed by atoms with van der Waals surface area (Å²) in [5.41, 5.74) is 1.21. The second-order valence-corrected chi connectivity index (χ2v) is 5.49. The minimum absolute atomic E-state index is 0.175. The SMILES string of the molecule is c1ccc2c(c1)OCC2Nc1nccc2sccc12. The third-order valence-corrected chi connectivity index (χ3v) is 4.27. The van der Waals surface area contributed by atoms with Crippen molar-refractivity contribution in [3.63, 3.8) is 0 Å². The van der Waals surface area contributed by atoms with E-state index in [9.17, 15) is 0 Å². The van der Waals surface area contributed by atoms with E-state index in [1.807, 2.05) is 30.5 Å². The van der Waals surface area contributed by atoms with Crippen LogP contribution in [0, 0.1) is 0 Å². The molecule has 0 radical (unpaired) electrons. The van der Waals surface area contributed by atoms with Crippen molar-refractivity contribution in [2.45, 2.75) is 6.04 Å². The van der Waals surface area contributed by atoms with Crippen molar-refractivity contribution < 1.29 is 4.74 Å². The van der Waals surface area contributed by atoms with E-state index in [1.54, 1.807) is 11.3 Å². The van der Waals surface area contributed by atoms with E-state index in [0.29, 0.717) is 6.61 Å². The molecule has 4 heteroatoms. The molecule has 0 saturated carbocycles. The summed E-state index contributed by atoms with van der Waals surface area (Å²) in [4.78, 5) is 4.46. The van der Waals surface area contributed by atoms with Crippen LogP contribution in [0.25, 0.3) is 10.1 Å². The molecular weight excluding hydrogens is 256 g/mol. The summed E-state index contributed by atoms with van der Waals surface area (Å²) in [5.74, 6) is 1.90. The Balaban J connectivity index is 1.71. The Bertz CT molecular complexity index is 738. The minimum atomic E-state index is 0.175. The maximum Gasteiger partial charge on any atom is 0.135 e. The Hall–Kier alpha value is -2.07. The minimum Gasteiger partial charge on any atom is -0.491 e. The molecule has 1 aliphatic rings. The third kappa shape index (κ3) is 1.76. The smallest absolute Gasteiger partial charge is 0.135 e. The Kier molecular flexibility index (Phi) is 2.42. The van der Waals surface area contributed by atoms with Crippen LogP contribution in [0.15, 0.2) is 48.0 Å². The van der Waals surface area contributed by atoms with Crippen LogP contribution in [-0.4, -0.2) is 11.6 Å². The highest BCUT2D eigenvalue weighted by Gasteiger charge is 2.24. The van der Waals surface area contributed by atoms with Crippen LogP contribution in [0.1, 0.15) is 11.6 Å². The van der Waals surface area contributed by atoms with E-state index in [1.165, 1.54) is 15.6 Å². The lowest BCUT2D eigenvalue weighted by Gasteiger charge is -2.13. The van der Waals surface area contributed by atoms with Crippen LogP contribution >= 0.6 is 11.3 Å². The first-order chi connectivity index (χ1) is 9.42. The van der Waals surface area contributed by atoms with Gasteiger partial charge in [-0.3, -0.25) is 0 Å². The van der Waals surface area contributed by atoms with Crippen molar-refractivity contribution in [3.05, 3.63) is 53.5 Å². The molecule has 3 aromatic rings. The summed E-state index contributed by atoms with van der Waals surface area (Å²) in [7, 11) is 0. The van der Waals surface area contributed by atoms with Gasteiger partial charge in [0.2, 0.25) is 0 Å². The molecule has 0 aliphatic carbocycles. The van der Waals surface area contributed by atoms with Gasteiger partial charge in [-0.1, -0.05) is 18.2 Å². The number of rotatable bonds is 2. The number of ether oxygens (including phenoxy) is 1. The first kappa shape index (κ1) is 10.8. The molecule has 3 nitrogen and oxygen atoms in total. The summed E-state index contributed by atoms with van der Waals surface area (Å²) in [5, 5.41) is 6.77. The van der Waals surface area contributed by atoms with Crippen LogP contribution in [0.4, 0.5) is 5.82 Å². The zero-order chi connectivity index (χ0) is 12.7. The number of aromatic nitrogens is 1. The van der Waals surface area contributed by atoms with E-state index >= 15 is 0 Å². The second kappa shape index (κ2) is 4.24. The van der Waals surface area contributed by atoms with Gasteiger partial charge in [0, 0.05) is 21.8 Å². The Morgan fingerprint density at radius 2 is 2.16 bits per heavy atom. The number of anilines is 1. The maximum atomic E-state index is 5.69. The molecule has 0 spiro atoms. The van der Waals surface area contributed by atoms with E-state index in [-0.39, 0.29) is 6.04 Å². The van der Waals surface area contributed by atoms with Crippen molar-refractivity contribution >= 4 is 27.2 Å².